The molecular weight excluding hydrogens is 260 g/mol. The zero-order valence-electron chi connectivity index (χ0n) is 11.8. The third kappa shape index (κ3) is 7.33. The fourth-order valence-electron chi connectivity index (χ4n) is 1.53. The summed E-state index contributed by atoms with van der Waals surface area (Å²) >= 11 is 1.82. The van der Waals surface area contributed by atoms with E-state index in [0.29, 0.717) is 11.9 Å². The van der Waals surface area contributed by atoms with Crippen LogP contribution in [0.3, 0.4) is 0 Å². The molecule has 4 heteroatoms. The van der Waals surface area contributed by atoms with Gasteiger partial charge in [-0.15, -0.1) is 0 Å². The second kappa shape index (κ2) is 9.98. The first kappa shape index (κ1) is 16.2. The monoisotopic (exact) mass is 284 g/mol. The molecule has 0 amide bonds. The predicted molar refractivity (Wildman–Crippen MR) is 81.3 cm³/mol. The minimum Gasteiger partial charge on any atom is -0.494 e. The zero-order valence-corrected chi connectivity index (χ0v) is 12.6. The highest BCUT2D eigenvalue weighted by atomic mass is 32.2. The van der Waals surface area contributed by atoms with Crippen molar-refractivity contribution >= 4 is 11.8 Å². The summed E-state index contributed by atoms with van der Waals surface area (Å²) in [6, 6.07) is 7.75. The van der Waals surface area contributed by atoms with E-state index in [1.165, 1.54) is 0 Å². The minimum atomic E-state index is 0.258. The average Bonchev–Trinajstić information content (AvgIpc) is 2.43. The third-order valence-corrected chi connectivity index (χ3v) is 3.79. The molecule has 0 aliphatic heterocycles. The molecule has 1 unspecified atom stereocenters. The van der Waals surface area contributed by atoms with Crippen LogP contribution >= 0.6 is 11.8 Å². The van der Waals surface area contributed by atoms with Gasteiger partial charge in [0.25, 0.3) is 0 Å². The van der Waals surface area contributed by atoms with Crippen LogP contribution in [0.5, 0.6) is 11.5 Å². The van der Waals surface area contributed by atoms with Gasteiger partial charge < -0.3 is 14.6 Å². The number of thioether (sulfide) groups is 1. The first-order chi connectivity index (χ1) is 9.26. The number of rotatable bonds is 10. The Kier molecular flexibility index (Phi) is 8.50. The van der Waals surface area contributed by atoms with Crippen LogP contribution in [-0.4, -0.2) is 35.9 Å². The van der Waals surface area contributed by atoms with E-state index >= 15 is 0 Å². The van der Waals surface area contributed by atoms with Gasteiger partial charge in [-0.2, -0.15) is 11.8 Å². The Morgan fingerprint density at radius 2 is 1.68 bits per heavy atom. The fraction of sp³-hybridized carbons (Fsp3) is 0.600. The molecule has 0 aliphatic carbocycles. The van der Waals surface area contributed by atoms with Crippen LogP contribution in [0, 0.1) is 0 Å². The molecule has 0 saturated carbocycles. The quantitative estimate of drug-likeness (QED) is 0.669. The van der Waals surface area contributed by atoms with Crippen LogP contribution < -0.4 is 9.47 Å². The van der Waals surface area contributed by atoms with Gasteiger partial charge in [-0.25, -0.2) is 0 Å². The average molecular weight is 284 g/mol. The molecule has 19 heavy (non-hydrogen) atoms. The van der Waals surface area contributed by atoms with E-state index < -0.39 is 0 Å². The van der Waals surface area contributed by atoms with Crippen molar-refractivity contribution < 1.29 is 14.6 Å². The Hall–Kier alpha value is -0.870. The molecule has 108 valence electrons. The van der Waals surface area contributed by atoms with E-state index in [1.54, 1.807) is 0 Å². The summed E-state index contributed by atoms with van der Waals surface area (Å²) < 4.78 is 11.2. The normalized spacial score (nSPS) is 12.2. The van der Waals surface area contributed by atoms with E-state index in [0.717, 1.165) is 36.7 Å². The number of hydrogen-bond acceptors (Lipinski definition) is 4. The van der Waals surface area contributed by atoms with E-state index in [4.69, 9.17) is 14.6 Å². The summed E-state index contributed by atoms with van der Waals surface area (Å²) in [6.45, 7) is 5.91. The maximum absolute atomic E-state index is 8.80. The third-order valence-electron chi connectivity index (χ3n) is 2.59. The molecular formula is C15H24O3S. The topological polar surface area (TPSA) is 38.7 Å². The van der Waals surface area contributed by atoms with Crippen LogP contribution in [0.1, 0.15) is 26.7 Å². The molecule has 1 aromatic rings. The van der Waals surface area contributed by atoms with Crippen LogP contribution in [0.4, 0.5) is 0 Å². The van der Waals surface area contributed by atoms with E-state index in [-0.39, 0.29) is 6.61 Å². The summed E-state index contributed by atoms with van der Waals surface area (Å²) in [6.07, 6.45) is 1.86. The molecule has 0 aliphatic rings. The van der Waals surface area contributed by atoms with Crippen molar-refractivity contribution in [3.63, 3.8) is 0 Å². The molecule has 0 saturated heterocycles. The highest BCUT2D eigenvalue weighted by Crippen LogP contribution is 2.19. The molecule has 1 N–H and O–H groups in total. The Bertz CT molecular complexity index is 327. The number of ether oxygens (including phenoxy) is 2. The molecule has 0 fully saturated rings. The number of aliphatic hydroxyl groups is 1. The smallest absolute Gasteiger partial charge is 0.119 e. The first-order valence-corrected chi connectivity index (χ1v) is 7.89. The summed E-state index contributed by atoms with van der Waals surface area (Å²) in [5.41, 5.74) is 0. The number of benzene rings is 1. The zero-order chi connectivity index (χ0) is 13.9. The van der Waals surface area contributed by atoms with Crippen molar-refractivity contribution in [1.29, 1.82) is 0 Å². The van der Waals surface area contributed by atoms with E-state index in [1.807, 2.05) is 36.0 Å². The van der Waals surface area contributed by atoms with Crippen LogP contribution in [0.15, 0.2) is 24.3 Å². The molecule has 1 atom stereocenters. The van der Waals surface area contributed by atoms with Crippen molar-refractivity contribution in [1.82, 2.24) is 0 Å². The van der Waals surface area contributed by atoms with E-state index in [2.05, 4.69) is 13.8 Å². The molecule has 0 bridgehead atoms. The largest absolute Gasteiger partial charge is 0.494 e. The van der Waals surface area contributed by atoms with Gasteiger partial charge in [0, 0.05) is 17.6 Å². The van der Waals surface area contributed by atoms with Crippen molar-refractivity contribution in [2.45, 2.75) is 31.9 Å². The second-order valence-electron chi connectivity index (χ2n) is 4.36. The van der Waals surface area contributed by atoms with Gasteiger partial charge in [0.05, 0.1) is 13.2 Å². The predicted octanol–water partition coefficient (Wildman–Crippen LogP) is 3.36. The van der Waals surface area contributed by atoms with Crippen LogP contribution in [0.2, 0.25) is 0 Å². The number of aliphatic hydroxyl groups excluding tert-OH is 1. The molecule has 0 heterocycles. The SMILES string of the molecule is CCCOc1ccc(OCCSC(C)CCO)cc1. The van der Waals surface area contributed by atoms with Gasteiger partial charge in [-0.05, 0) is 37.1 Å². The Morgan fingerprint density at radius 3 is 2.21 bits per heavy atom. The summed E-state index contributed by atoms with van der Waals surface area (Å²) in [5, 5.41) is 9.29. The minimum absolute atomic E-state index is 0.258. The van der Waals surface area contributed by atoms with Crippen molar-refractivity contribution in [3.8, 4) is 11.5 Å². The maximum atomic E-state index is 8.80. The van der Waals surface area contributed by atoms with Crippen LogP contribution in [0.25, 0.3) is 0 Å². The molecule has 1 rings (SSSR count). The summed E-state index contributed by atoms with van der Waals surface area (Å²) in [7, 11) is 0. The van der Waals surface area contributed by atoms with E-state index in [9.17, 15) is 0 Å². The molecule has 1 aromatic carbocycles. The van der Waals surface area contributed by atoms with Gasteiger partial charge in [0.15, 0.2) is 0 Å². The Balaban J connectivity index is 2.19. The highest BCUT2D eigenvalue weighted by Gasteiger charge is 2.01. The van der Waals surface area contributed by atoms with Gasteiger partial charge in [0.2, 0.25) is 0 Å². The number of hydrogen-bond donors (Lipinski definition) is 1. The molecule has 0 spiro atoms. The lowest BCUT2D eigenvalue weighted by molar-refractivity contribution is 0.288. The molecule has 3 nitrogen and oxygen atoms in total. The highest BCUT2D eigenvalue weighted by molar-refractivity contribution is 7.99. The lowest BCUT2D eigenvalue weighted by Crippen LogP contribution is -2.06. The fourth-order valence-corrected chi connectivity index (χ4v) is 2.38. The second-order valence-corrected chi connectivity index (χ2v) is 5.91. The summed E-state index contributed by atoms with van der Waals surface area (Å²) in [4.78, 5) is 0. The lowest BCUT2D eigenvalue weighted by Gasteiger charge is -2.11. The Labute approximate surface area is 120 Å². The van der Waals surface area contributed by atoms with Crippen molar-refractivity contribution in [2.75, 3.05) is 25.6 Å². The van der Waals surface area contributed by atoms with Crippen molar-refractivity contribution in [2.24, 2.45) is 0 Å². The Morgan fingerprint density at radius 1 is 1.11 bits per heavy atom. The van der Waals surface area contributed by atoms with Gasteiger partial charge in [-0.1, -0.05) is 13.8 Å². The molecule has 0 radical (unpaired) electrons. The van der Waals surface area contributed by atoms with Gasteiger partial charge in [-0.3, -0.25) is 0 Å². The van der Waals surface area contributed by atoms with Crippen molar-refractivity contribution in [3.05, 3.63) is 24.3 Å². The van der Waals surface area contributed by atoms with Gasteiger partial charge >= 0.3 is 0 Å². The van der Waals surface area contributed by atoms with Crippen LogP contribution in [-0.2, 0) is 0 Å². The standard InChI is InChI=1S/C15H24O3S/c1-3-10-17-14-4-6-15(7-5-14)18-11-12-19-13(2)8-9-16/h4-7,13,16H,3,8-12H2,1-2H3. The first-order valence-electron chi connectivity index (χ1n) is 6.84. The molecule has 0 aromatic heterocycles. The lowest BCUT2D eigenvalue weighted by atomic mass is 10.3. The van der Waals surface area contributed by atoms with Gasteiger partial charge in [0.1, 0.15) is 11.5 Å². The maximum Gasteiger partial charge on any atom is 0.119 e. The summed E-state index contributed by atoms with van der Waals surface area (Å²) in [5.74, 6) is 2.70.